The third kappa shape index (κ3) is 4.86. The van der Waals surface area contributed by atoms with Crippen molar-refractivity contribution in [2.45, 2.75) is 37.0 Å². The lowest BCUT2D eigenvalue weighted by atomic mass is 9.84. The van der Waals surface area contributed by atoms with E-state index in [4.69, 9.17) is 10.5 Å². The molecule has 0 aliphatic heterocycles. The highest BCUT2D eigenvalue weighted by molar-refractivity contribution is 8.00. The first-order valence-electron chi connectivity index (χ1n) is 10.8. The van der Waals surface area contributed by atoms with E-state index in [-0.39, 0.29) is 10.7 Å². The van der Waals surface area contributed by atoms with Gasteiger partial charge in [-0.3, -0.25) is 4.79 Å². The van der Waals surface area contributed by atoms with Gasteiger partial charge in [-0.05, 0) is 29.5 Å². The first-order valence-corrected chi connectivity index (χ1v) is 11.8. The largest absolute Gasteiger partial charge is 0.367 e. The molecule has 0 atom stereocenters. The molecule has 0 aliphatic carbocycles. The lowest BCUT2D eigenvalue weighted by molar-refractivity contribution is -0.144. The molecule has 3 aromatic rings. The highest BCUT2D eigenvalue weighted by atomic mass is 32.2. The molecule has 0 saturated heterocycles. The molecule has 0 spiro atoms. The van der Waals surface area contributed by atoms with E-state index in [0.717, 1.165) is 0 Å². The second kappa shape index (κ2) is 10.7. The third-order valence-corrected chi connectivity index (χ3v) is 7.42. The van der Waals surface area contributed by atoms with Crippen molar-refractivity contribution in [1.82, 2.24) is 0 Å². The molecule has 0 aromatic heterocycles. The van der Waals surface area contributed by atoms with Crippen molar-refractivity contribution in [2.24, 2.45) is 5.73 Å². The van der Waals surface area contributed by atoms with Crippen molar-refractivity contribution >= 4 is 17.7 Å². The summed E-state index contributed by atoms with van der Waals surface area (Å²) in [5.74, 6) is 0.330. The number of nitrogens with two attached hydrogens (primary N) is 1. The summed E-state index contributed by atoms with van der Waals surface area (Å²) >= 11 is 1.82. The second-order valence-corrected chi connectivity index (χ2v) is 8.85. The zero-order valence-electron chi connectivity index (χ0n) is 18.3. The van der Waals surface area contributed by atoms with Crippen LogP contribution in [-0.4, -0.2) is 23.9 Å². The molecule has 2 N–H and O–H groups in total. The van der Waals surface area contributed by atoms with E-state index in [1.165, 1.54) is 16.7 Å². The smallest absolute Gasteiger partial charge is 0.249 e. The van der Waals surface area contributed by atoms with Gasteiger partial charge in [0.2, 0.25) is 5.91 Å². The maximum absolute atomic E-state index is 12.0. The van der Waals surface area contributed by atoms with E-state index in [2.05, 4.69) is 72.8 Å². The van der Waals surface area contributed by atoms with Gasteiger partial charge in [-0.2, -0.15) is 0 Å². The molecule has 1 amide bonds. The Morgan fingerprint density at radius 3 is 1.48 bits per heavy atom. The number of amides is 1. The van der Waals surface area contributed by atoms with E-state index in [0.29, 0.717) is 25.2 Å². The van der Waals surface area contributed by atoms with Crippen LogP contribution in [0.3, 0.4) is 0 Å². The summed E-state index contributed by atoms with van der Waals surface area (Å²) in [7, 11) is 0. The Morgan fingerprint density at radius 2 is 1.16 bits per heavy atom. The predicted octanol–water partition coefficient (Wildman–Crippen LogP) is 5.77. The Bertz CT molecular complexity index is 844. The molecule has 31 heavy (non-hydrogen) atoms. The van der Waals surface area contributed by atoms with Crippen LogP contribution < -0.4 is 5.73 Å². The van der Waals surface area contributed by atoms with E-state index >= 15 is 0 Å². The molecule has 0 unspecified atom stereocenters. The molecule has 0 heterocycles. The minimum Gasteiger partial charge on any atom is -0.367 e. The summed E-state index contributed by atoms with van der Waals surface area (Å²) in [5.41, 5.74) is 8.41. The van der Waals surface area contributed by atoms with Gasteiger partial charge in [-0.1, -0.05) is 105 Å². The molecule has 3 nitrogen and oxygen atoms in total. The van der Waals surface area contributed by atoms with E-state index in [9.17, 15) is 4.79 Å². The molecule has 0 aliphatic rings. The quantitative estimate of drug-likeness (QED) is 0.308. The van der Waals surface area contributed by atoms with Crippen LogP contribution in [0.4, 0.5) is 0 Å². The van der Waals surface area contributed by atoms with Gasteiger partial charge >= 0.3 is 0 Å². The number of thioether (sulfide) groups is 1. The lowest BCUT2D eigenvalue weighted by Gasteiger charge is -2.36. The van der Waals surface area contributed by atoms with Crippen molar-refractivity contribution in [1.29, 1.82) is 0 Å². The summed E-state index contributed by atoms with van der Waals surface area (Å²) in [5, 5.41) is 0. The molecule has 0 bridgehead atoms. The monoisotopic (exact) mass is 433 g/mol. The summed E-state index contributed by atoms with van der Waals surface area (Å²) < 4.78 is 5.71. The average Bonchev–Trinajstić information content (AvgIpc) is 2.83. The van der Waals surface area contributed by atoms with Crippen molar-refractivity contribution in [3.63, 3.8) is 0 Å². The maximum atomic E-state index is 12.0. The normalized spacial score (nSPS) is 11.9. The van der Waals surface area contributed by atoms with Crippen LogP contribution in [0.15, 0.2) is 91.0 Å². The van der Waals surface area contributed by atoms with Crippen molar-refractivity contribution < 1.29 is 9.53 Å². The Morgan fingerprint density at radius 1 is 0.774 bits per heavy atom. The Labute approximate surface area is 190 Å². The van der Waals surface area contributed by atoms with Gasteiger partial charge in [0, 0.05) is 5.75 Å². The number of hydrogen-bond acceptors (Lipinski definition) is 3. The van der Waals surface area contributed by atoms with Gasteiger partial charge in [0.25, 0.3) is 0 Å². The van der Waals surface area contributed by atoms with Crippen LogP contribution in [-0.2, 0) is 14.3 Å². The Kier molecular flexibility index (Phi) is 7.94. The Balaban J connectivity index is 1.98. The third-order valence-electron chi connectivity index (χ3n) is 5.91. The summed E-state index contributed by atoms with van der Waals surface area (Å²) in [4.78, 5) is 12.0. The highest BCUT2D eigenvalue weighted by Crippen LogP contribution is 2.48. The van der Waals surface area contributed by atoms with Crippen LogP contribution in [0.2, 0.25) is 0 Å². The lowest BCUT2D eigenvalue weighted by Crippen LogP contribution is -2.45. The van der Waals surface area contributed by atoms with Crippen molar-refractivity contribution in [2.75, 3.05) is 12.4 Å². The van der Waals surface area contributed by atoms with Crippen LogP contribution in [0, 0.1) is 0 Å². The van der Waals surface area contributed by atoms with E-state index in [1.54, 1.807) is 0 Å². The second-order valence-electron chi connectivity index (χ2n) is 7.54. The zero-order valence-corrected chi connectivity index (χ0v) is 19.1. The molecule has 0 fully saturated rings. The minimum absolute atomic E-state index is 0.386. The van der Waals surface area contributed by atoms with Gasteiger partial charge in [0.1, 0.15) is 5.60 Å². The van der Waals surface area contributed by atoms with E-state index < -0.39 is 5.60 Å². The summed E-state index contributed by atoms with van der Waals surface area (Å²) in [6, 6.07) is 31.7. The zero-order chi connectivity index (χ0) is 22.2. The molecule has 3 aromatic carbocycles. The Hall–Kier alpha value is -2.56. The first kappa shape index (κ1) is 23.1. The number of carbonyl (C=O) groups is 1. The topological polar surface area (TPSA) is 52.3 Å². The van der Waals surface area contributed by atoms with Crippen LogP contribution >= 0.6 is 11.8 Å². The fourth-order valence-electron chi connectivity index (χ4n) is 4.07. The number of ether oxygens (including phenoxy) is 1. The SMILES string of the molecule is CCC(CC)(OCCSC(c1ccccc1)(c1ccccc1)c1ccccc1)C(N)=O. The fraction of sp³-hybridized carbons (Fsp3) is 0.296. The molecule has 0 radical (unpaired) electrons. The standard InChI is InChI=1S/C27H31NO2S/c1-3-26(4-2,25(28)29)30-20-21-31-27(22-14-8-5-9-15-22,23-16-10-6-11-17-23)24-18-12-7-13-19-24/h5-19H,3-4,20-21H2,1-2H3,(H2,28,29). The molecule has 162 valence electrons. The van der Waals surface area contributed by atoms with Crippen LogP contribution in [0.5, 0.6) is 0 Å². The molecule has 4 heteroatoms. The van der Waals surface area contributed by atoms with Crippen molar-refractivity contribution in [3.05, 3.63) is 108 Å². The first-order chi connectivity index (χ1) is 15.1. The van der Waals surface area contributed by atoms with Crippen LogP contribution in [0.1, 0.15) is 43.4 Å². The fourth-order valence-corrected chi connectivity index (χ4v) is 5.46. The molecule has 3 rings (SSSR count). The van der Waals surface area contributed by atoms with Gasteiger partial charge in [-0.15, -0.1) is 11.8 Å². The number of hydrogen-bond donors (Lipinski definition) is 1. The van der Waals surface area contributed by atoms with Crippen molar-refractivity contribution in [3.8, 4) is 0 Å². The number of carbonyl (C=O) groups excluding carboxylic acids is 1. The summed E-state index contributed by atoms with van der Waals surface area (Å²) in [6.45, 7) is 4.34. The van der Waals surface area contributed by atoms with Gasteiger partial charge in [0.15, 0.2) is 0 Å². The number of primary amides is 1. The van der Waals surface area contributed by atoms with Gasteiger partial charge in [-0.25, -0.2) is 0 Å². The van der Waals surface area contributed by atoms with E-state index in [1.807, 2.05) is 43.8 Å². The molecular weight excluding hydrogens is 402 g/mol. The molecular formula is C27H31NO2S. The number of rotatable bonds is 11. The number of benzene rings is 3. The van der Waals surface area contributed by atoms with Gasteiger partial charge in [0.05, 0.1) is 11.4 Å². The van der Waals surface area contributed by atoms with Crippen LogP contribution in [0.25, 0.3) is 0 Å². The maximum Gasteiger partial charge on any atom is 0.249 e. The average molecular weight is 434 g/mol. The summed E-state index contributed by atoms with van der Waals surface area (Å²) in [6.07, 6.45) is 1.15. The predicted molar refractivity (Wildman–Crippen MR) is 130 cm³/mol. The molecule has 0 saturated carbocycles. The van der Waals surface area contributed by atoms with Gasteiger partial charge < -0.3 is 10.5 Å². The minimum atomic E-state index is -0.893. The highest BCUT2D eigenvalue weighted by Gasteiger charge is 2.38.